The third kappa shape index (κ3) is 1.55. The van der Waals surface area contributed by atoms with Crippen molar-refractivity contribution in [2.24, 2.45) is 0 Å². The number of benzene rings is 1. The van der Waals surface area contributed by atoms with Crippen molar-refractivity contribution in [3.63, 3.8) is 0 Å². The Morgan fingerprint density at radius 3 is 3.00 bits per heavy atom. The van der Waals surface area contributed by atoms with Gasteiger partial charge in [0.2, 0.25) is 0 Å². The summed E-state index contributed by atoms with van der Waals surface area (Å²) >= 11 is 1.79. The molecule has 2 heteroatoms. The zero-order chi connectivity index (χ0) is 9.26. The van der Waals surface area contributed by atoms with E-state index >= 15 is 0 Å². The first-order valence-corrected chi connectivity index (χ1v) is 5.84. The summed E-state index contributed by atoms with van der Waals surface area (Å²) in [7, 11) is 0. The number of hydrogen-bond acceptors (Lipinski definition) is 2. The Hall–Kier alpha value is -0.630. The van der Waals surface area contributed by atoms with Gasteiger partial charge in [0.25, 0.3) is 0 Å². The molecular formula is C11H14OS. The van der Waals surface area contributed by atoms with E-state index < -0.39 is 0 Å². The SMILES string of the molecule is CSc1c(C)ccc2c1OCCC2. The second kappa shape index (κ2) is 3.62. The highest BCUT2D eigenvalue weighted by Gasteiger charge is 2.15. The minimum Gasteiger partial charge on any atom is -0.492 e. The molecule has 1 aliphatic rings. The van der Waals surface area contributed by atoms with Gasteiger partial charge in [0.05, 0.1) is 11.5 Å². The van der Waals surface area contributed by atoms with Crippen molar-refractivity contribution < 1.29 is 4.74 Å². The summed E-state index contributed by atoms with van der Waals surface area (Å²) in [5.74, 6) is 1.14. The molecule has 0 unspecified atom stereocenters. The van der Waals surface area contributed by atoms with Crippen LogP contribution in [-0.4, -0.2) is 12.9 Å². The first-order chi connectivity index (χ1) is 6.33. The molecule has 1 heterocycles. The summed E-state index contributed by atoms with van der Waals surface area (Å²) in [5.41, 5.74) is 2.70. The second-order valence-electron chi connectivity index (χ2n) is 3.36. The number of ether oxygens (including phenoxy) is 1. The van der Waals surface area contributed by atoms with Crippen LogP contribution in [0.5, 0.6) is 5.75 Å². The Kier molecular flexibility index (Phi) is 2.49. The lowest BCUT2D eigenvalue weighted by atomic mass is 10.0. The quantitative estimate of drug-likeness (QED) is 0.635. The van der Waals surface area contributed by atoms with Crippen molar-refractivity contribution >= 4 is 11.8 Å². The van der Waals surface area contributed by atoms with Crippen LogP contribution in [0.25, 0.3) is 0 Å². The van der Waals surface area contributed by atoms with E-state index in [1.54, 1.807) is 11.8 Å². The van der Waals surface area contributed by atoms with Crippen LogP contribution in [0.2, 0.25) is 0 Å². The maximum Gasteiger partial charge on any atom is 0.136 e. The van der Waals surface area contributed by atoms with Crippen LogP contribution in [0.1, 0.15) is 17.5 Å². The van der Waals surface area contributed by atoms with Crippen LogP contribution in [-0.2, 0) is 6.42 Å². The minimum atomic E-state index is 0.879. The molecule has 0 amide bonds. The molecule has 0 fully saturated rings. The fraction of sp³-hybridized carbons (Fsp3) is 0.455. The van der Waals surface area contributed by atoms with E-state index in [0.717, 1.165) is 18.8 Å². The van der Waals surface area contributed by atoms with Crippen LogP contribution in [0.4, 0.5) is 0 Å². The van der Waals surface area contributed by atoms with E-state index in [9.17, 15) is 0 Å². The molecule has 1 aromatic rings. The average Bonchev–Trinajstić information content (AvgIpc) is 2.18. The molecule has 0 aliphatic carbocycles. The third-order valence-electron chi connectivity index (χ3n) is 2.43. The largest absolute Gasteiger partial charge is 0.492 e. The molecular weight excluding hydrogens is 180 g/mol. The van der Waals surface area contributed by atoms with Crippen molar-refractivity contribution in [2.75, 3.05) is 12.9 Å². The fourth-order valence-electron chi connectivity index (χ4n) is 1.75. The Morgan fingerprint density at radius 1 is 1.38 bits per heavy atom. The van der Waals surface area contributed by atoms with E-state index in [1.165, 1.54) is 22.4 Å². The Bertz CT molecular complexity index is 320. The molecule has 0 spiro atoms. The molecule has 0 saturated heterocycles. The molecule has 1 nitrogen and oxygen atoms in total. The molecule has 13 heavy (non-hydrogen) atoms. The lowest BCUT2D eigenvalue weighted by Gasteiger charge is -2.20. The normalized spacial score (nSPS) is 14.9. The van der Waals surface area contributed by atoms with Gasteiger partial charge in [-0.3, -0.25) is 0 Å². The Morgan fingerprint density at radius 2 is 2.23 bits per heavy atom. The van der Waals surface area contributed by atoms with Crippen LogP contribution in [0, 0.1) is 6.92 Å². The van der Waals surface area contributed by atoms with E-state index in [1.807, 2.05) is 0 Å². The summed E-state index contributed by atoms with van der Waals surface area (Å²) in [6.45, 7) is 3.02. The van der Waals surface area contributed by atoms with Gasteiger partial charge in [-0.15, -0.1) is 11.8 Å². The third-order valence-corrected chi connectivity index (χ3v) is 3.35. The van der Waals surface area contributed by atoms with Gasteiger partial charge in [0, 0.05) is 0 Å². The average molecular weight is 194 g/mol. The topological polar surface area (TPSA) is 9.23 Å². The van der Waals surface area contributed by atoms with Gasteiger partial charge >= 0.3 is 0 Å². The van der Waals surface area contributed by atoms with Gasteiger partial charge in [0.15, 0.2) is 0 Å². The van der Waals surface area contributed by atoms with Gasteiger partial charge in [-0.25, -0.2) is 0 Å². The van der Waals surface area contributed by atoms with E-state index in [0.29, 0.717) is 0 Å². The summed E-state index contributed by atoms with van der Waals surface area (Å²) in [4.78, 5) is 1.32. The van der Waals surface area contributed by atoms with Crippen molar-refractivity contribution in [3.8, 4) is 5.75 Å². The number of aryl methyl sites for hydroxylation is 2. The monoisotopic (exact) mass is 194 g/mol. The van der Waals surface area contributed by atoms with Crippen LogP contribution >= 0.6 is 11.8 Å². The van der Waals surface area contributed by atoms with Crippen LogP contribution < -0.4 is 4.74 Å². The van der Waals surface area contributed by atoms with Crippen molar-refractivity contribution in [3.05, 3.63) is 23.3 Å². The van der Waals surface area contributed by atoms with Crippen molar-refractivity contribution in [1.82, 2.24) is 0 Å². The molecule has 0 bridgehead atoms. The smallest absolute Gasteiger partial charge is 0.136 e. The number of hydrogen-bond donors (Lipinski definition) is 0. The lowest BCUT2D eigenvalue weighted by molar-refractivity contribution is 0.281. The molecule has 70 valence electrons. The molecule has 1 aromatic carbocycles. The van der Waals surface area contributed by atoms with Gasteiger partial charge in [-0.1, -0.05) is 12.1 Å². The molecule has 0 aromatic heterocycles. The van der Waals surface area contributed by atoms with Gasteiger partial charge < -0.3 is 4.74 Å². The number of rotatable bonds is 1. The molecule has 0 atom stereocenters. The van der Waals surface area contributed by atoms with E-state index in [-0.39, 0.29) is 0 Å². The summed E-state index contributed by atoms with van der Waals surface area (Å²) in [6, 6.07) is 4.39. The summed E-state index contributed by atoms with van der Waals surface area (Å²) in [6.07, 6.45) is 4.44. The molecule has 1 aliphatic heterocycles. The van der Waals surface area contributed by atoms with E-state index in [4.69, 9.17) is 4.74 Å². The van der Waals surface area contributed by atoms with Crippen LogP contribution in [0.3, 0.4) is 0 Å². The molecule has 0 saturated carbocycles. The van der Waals surface area contributed by atoms with Gasteiger partial charge in [0.1, 0.15) is 5.75 Å². The Labute approximate surface area is 83.5 Å². The van der Waals surface area contributed by atoms with Crippen molar-refractivity contribution in [1.29, 1.82) is 0 Å². The summed E-state index contributed by atoms with van der Waals surface area (Å²) in [5, 5.41) is 0. The maximum absolute atomic E-state index is 5.71. The van der Waals surface area contributed by atoms with Crippen LogP contribution in [0.15, 0.2) is 17.0 Å². The first kappa shape index (κ1) is 8.95. The highest BCUT2D eigenvalue weighted by Crippen LogP contribution is 2.36. The Balaban J connectivity index is 2.52. The van der Waals surface area contributed by atoms with Gasteiger partial charge in [-0.05, 0) is 37.1 Å². The minimum absolute atomic E-state index is 0.879. The highest BCUT2D eigenvalue weighted by molar-refractivity contribution is 7.98. The highest BCUT2D eigenvalue weighted by atomic mass is 32.2. The standard InChI is InChI=1S/C11H14OS/c1-8-5-6-9-4-3-7-12-10(9)11(8)13-2/h5-6H,3-4,7H2,1-2H3. The predicted molar refractivity (Wildman–Crippen MR) is 56.8 cm³/mol. The zero-order valence-electron chi connectivity index (χ0n) is 8.09. The van der Waals surface area contributed by atoms with Gasteiger partial charge in [-0.2, -0.15) is 0 Å². The second-order valence-corrected chi connectivity index (χ2v) is 4.17. The fourth-order valence-corrected chi connectivity index (χ4v) is 2.51. The summed E-state index contributed by atoms with van der Waals surface area (Å²) < 4.78 is 5.71. The number of fused-ring (bicyclic) bond motifs is 1. The lowest BCUT2D eigenvalue weighted by Crippen LogP contribution is -2.09. The molecule has 0 radical (unpaired) electrons. The maximum atomic E-state index is 5.71. The number of thioether (sulfide) groups is 1. The predicted octanol–water partition coefficient (Wildman–Crippen LogP) is 3.04. The molecule has 0 N–H and O–H groups in total. The zero-order valence-corrected chi connectivity index (χ0v) is 8.91. The molecule has 2 rings (SSSR count). The van der Waals surface area contributed by atoms with Crippen molar-refractivity contribution in [2.45, 2.75) is 24.7 Å². The first-order valence-electron chi connectivity index (χ1n) is 4.62. The van der Waals surface area contributed by atoms with E-state index in [2.05, 4.69) is 25.3 Å².